The molecule has 16 heavy (non-hydrogen) atoms. The Labute approximate surface area is 95.5 Å². The van der Waals surface area contributed by atoms with Gasteiger partial charge in [0.15, 0.2) is 17.4 Å². The number of nitriles is 1. The van der Waals surface area contributed by atoms with Crippen LogP contribution in [0, 0.1) is 17.2 Å². The minimum atomic E-state index is -0.0874. The first-order valence-electron chi connectivity index (χ1n) is 5.33. The van der Waals surface area contributed by atoms with Gasteiger partial charge < -0.3 is 9.32 Å². The van der Waals surface area contributed by atoms with Gasteiger partial charge in [-0.2, -0.15) is 5.26 Å². The number of rotatable bonds is 5. The fourth-order valence-corrected chi connectivity index (χ4v) is 1.43. The molecule has 0 radical (unpaired) electrons. The number of anilines is 1. The lowest BCUT2D eigenvalue weighted by molar-refractivity contribution is 0.0987. The molecule has 1 rings (SSSR count). The van der Waals surface area contributed by atoms with E-state index in [1.807, 2.05) is 18.7 Å². The number of hydrogen-bond acceptors (Lipinski definition) is 4. The van der Waals surface area contributed by atoms with E-state index < -0.39 is 0 Å². The summed E-state index contributed by atoms with van der Waals surface area (Å²) < 4.78 is 5.41. The Morgan fingerprint density at radius 3 is 2.75 bits per heavy atom. The lowest BCUT2D eigenvalue weighted by Gasteiger charge is -2.20. The van der Waals surface area contributed by atoms with Gasteiger partial charge in [-0.15, -0.1) is 0 Å². The van der Waals surface area contributed by atoms with Crippen LogP contribution in [-0.2, 0) is 0 Å². The van der Waals surface area contributed by atoms with E-state index in [9.17, 15) is 4.79 Å². The highest BCUT2D eigenvalue weighted by molar-refractivity contribution is 5.91. The SMILES string of the molecule is CCN(CC(C)C#N)c1ccc(C(C)=O)o1. The Balaban J connectivity index is 2.79. The quantitative estimate of drug-likeness (QED) is 0.715. The van der Waals surface area contributed by atoms with E-state index in [1.54, 1.807) is 12.1 Å². The zero-order valence-corrected chi connectivity index (χ0v) is 9.86. The maximum Gasteiger partial charge on any atom is 0.196 e. The summed E-state index contributed by atoms with van der Waals surface area (Å²) in [6.45, 7) is 6.67. The highest BCUT2D eigenvalue weighted by Gasteiger charge is 2.14. The number of furan rings is 1. The van der Waals surface area contributed by atoms with Gasteiger partial charge in [0.2, 0.25) is 0 Å². The van der Waals surface area contributed by atoms with E-state index in [4.69, 9.17) is 9.68 Å². The molecule has 1 unspecified atom stereocenters. The van der Waals surface area contributed by atoms with E-state index in [2.05, 4.69) is 6.07 Å². The van der Waals surface area contributed by atoms with Crippen LogP contribution in [0.4, 0.5) is 5.88 Å². The molecule has 1 heterocycles. The molecule has 4 nitrogen and oxygen atoms in total. The third-order valence-corrected chi connectivity index (χ3v) is 2.35. The van der Waals surface area contributed by atoms with Gasteiger partial charge in [0, 0.05) is 26.1 Å². The van der Waals surface area contributed by atoms with Crippen molar-refractivity contribution in [1.82, 2.24) is 0 Å². The van der Waals surface area contributed by atoms with E-state index in [0.29, 0.717) is 18.2 Å². The fraction of sp³-hybridized carbons (Fsp3) is 0.500. The Hall–Kier alpha value is -1.76. The van der Waals surface area contributed by atoms with Crippen molar-refractivity contribution in [2.45, 2.75) is 20.8 Å². The Morgan fingerprint density at radius 2 is 2.31 bits per heavy atom. The van der Waals surface area contributed by atoms with Crippen LogP contribution in [0.2, 0.25) is 0 Å². The predicted molar refractivity (Wildman–Crippen MR) is 61.4 cm³/mol. The number of carbonyl (C=O) groups excluding carboxylic acids is 1. The molecule has 0 aliphatic rings. The summed E-state index contributed by atoms with van der Waals surface area (Å²) in [7, 11) is 0. The molecular weight excluding hydrogens is 204 g/mol. The smallest absolute Gasteiger partial charge is 0.196 e. The van der Waals surface area contributed by atoms with Crippen molar-refractivity contribution in [1.29, 1.82) is 5.26 Å². The molecule has 0 aromatic carbocycles. The van der Waals surface area contributed by atoms with Crippen molar-refractivity contribution in [3.63, 3.8) is 0 Å². The molecular formula is C12H16N2O2. The largest absolute Gasteiger partial charge is 0.437 e. The number of carbonyl (C=O) groups is 1. The standard InChI is InChI=1S/C12H16N2O2/c1-4-14(8-9(2)7-13)12-6-5-11(16-12)10(3)15/h5-6,9H,4,8H2,1-3H3. The first kappa shape index (κ1) is 12.3. The number of Topliss-reactive ketones (excluding diaryl/α,β-unsaturated/α-hetero) is 1. The van der Waals surface area contributed by atoms with E-state index >= 15 is 0 Å². The van der Waals surface area contributed by atoms with Crippen molar-refractivity contribution in [3.05, 3.63) is 17.9 Å². The Kier molecular flexibility index (Phi) is 4.12. The first-order valence-corrected chi connectivity index (χ1v) is 5.33. The zero-order chi connectivity index (χ0) is 12.1. The van der Waals surface area contributed by atoms with Gasteiger partial charge in [-0.05, 0) is 19.9 Å². The minimum Gasteiger partial charge on any atom is -0.437 e. The Morgan fingerprint density at radius 1 is 1.62 bits per heavy atom. The molecule has 0 amide bonds. The lowest BCUT2D eigenvalue weighted by atomic mass is 10.2. The highest BCUT2D eigenvalue weighted by Crippen LogP contribution is 2.19. The molecule has 86 valence electrons. The average molecular weight is 220 g/mol. The van der Waals surface area contributed by atoms with Gasteiger partial charge in [0.25, 0.3) is 0 Å². The molecule has 1 atom stereocenters. The van der Waals surface area contributed by atoms with Crippen molar-refractivity contribution in [3.8, 4) is 6.07 Å². The average Bonchev–Trinajstić information content (AvgIpc) is 2.74. The molecule has 0 N–H and O–H groups in total. The molecule has 0 aliphatic heterocycles. The van der Waals surface area contributed by atoms with Gasteiger partial charge in [0.1, 0.15) is 0 Å². The topological polar surface area (TPSA) is 57.2 Å². The summed E-state index contributed by atoms with van der Waals surface area (Å²) in [5.74, 6) is 0.856. The third kappa shape index (κ3) is 2.86. The normalized spacial score (nSPS) is 11.9. The van der Waals surface area contributed by atoms with Crippen LogP contribution in [-0.4, -0.2) is 18.9 Å². The number of hydrogen-bond donors (Lipinski definition) is 0. The molecule has 0 fully saturated rings. The fourth-order valence-electron chi connectivity index (χ4n) is 1.43. The van der Waals surface area contributed by atoms with Crippen molar-refractivity contribution in [2.75, 3.05) is 18.0 Å². The molecule has 0 bridgehead atoms. The molecule has 0 saturated heterocycles. The minimum absolute atomic E-state index is 0.0640. The molecule has 0 saturated carbocycles. The van der Waals surface area contributed by atoms with Gasteiger partial charge in [-0.1, -0.05) is 0 Å². The summed E-state index contributed by atoms with van der Waals surface area (Å²) in [4.78, 5) is 13.0. The van der Waals surface area contributed by atoms with Gasteiger partial charge >= 0.3 is 0 Å². The monoisotopic (exact) mass is 220 g/mol. The molecule has 0 spiro atoms. The molecule has 1 aromatic rings. The van der Waals surface area contributed by atoms with Crippen molar-refractivity contribution >= 4 is 11.7 Å². The Bertz CT molecular complexity index is 403. The predicted octanol–water partition coefficient (Wildman–Crippen LogP) is 2.47. The van der Waals surface area contributed by atoms with E-state index in [1.165, 1.54) is 6.92 Å². The summed E-state index contributed by atoms with van der Waals surface area (Å²) in [6.07, 6.45) is 0. The van der Waals surface area contributed by atoms with Gasteiger partial charge in [-0.25, -0.2) is 0 Å². The van der Waals surface area contributed by atoms with Crippen molar-refractivity contribution < 1.29 is 9.21 Å². The molecule has 0 aliphatic carbocycles. The van der Waals surface area contributed by atoms with Crippen LogP contribution >= 0.6 is 0 Å². The van der Waals surface area contributed by atoms with E-state index in [-0.39, 0.29) is 11.7 Å². The lowest BCUT2D eigenvalue weighted by Crippen LogP contribution is -2.27. The van der Waals surface area contributed by atoms with Crippen LogP contribution < -0.4 is 4.90 Å². The van der Waals surface area contributed by atoms with Gasteiger partial charge in [0.05, 0.1) is 12.0 Å². The van der Waals surface area contributed by atoms with Gasteiger partial charge in [-0.3, -0.25) is 4.79 Å². The molecule has 1 aromatic heterocycles. The summed E-state index contributed by atoms with van der Waals surface area (Å²) in [5.41, 5.74) is 0. The second-order valence-electron chi connectivity index (χ2n) is 3.76. The number of nitrogens with zero attached hydrogens (tertiary/aromatic N) is 2. The van der Waals surface area contributed by atoms with Crippen LogP contribution in [0.15, 0.2) is 16.5 Å². The second kappa shape index (κ2) is 5.36. The summed E-state index contributed by atoms with van der Waals surface area (Å²) in [5, 5.41) is 8.76. The van der Waals surface area contributed by atoms with Crippen LogP contribution in [0.1, 0.15) is 31.3 Å². The second-order valence-corrected chi connectivity index (χ2v) is 3.76. The van der Waals surface area contributed by atoms with Crippen LogP contribution in [0.5, 0.6) is 0 Å². The van der Waals surface area contributed by atoms with Crippen molar-refractivity contribution in [2.24, 2.45) is 5.92 Å². The number of ketones is 1. The third-order valence-electron chi connectivity index (χ3n) is 2.35. The van der Waals surface area contributed by atoms with Crippen LogP contribution in [0.3, 0.4) is 0 Å². The maximum absolute atomic E-state index is 11.1. The summed E-state index contributed by atoms with van der Waals surface area (Å²) in [6, 6.07) is 5.61. The molecule has 4 heteroatoms. The van der Waals surface area contributed by atoms with Crippen LogP contribution in [0.25, 0.3) is 0 Å². The van der Waals surface area contributed by atoms with E-state index in [0.717, 1.165) is 6.54 Å². The maximum atomic E-state index is 11.1. The summed E-state index contributed by atoms with van der Waals surface area (Å²) >= 11 is 0. The highest BCUT2D eigenvalue weighted by atomic mass is 16.4. The zero-order valence-electron chi connectivity index (χ0n) is 9.86. The first-order chi connectivity index (χ1) is 7.58.